The fourth-order valence-electron chi connectivity index (χ4n) is 0.904. The van der Waals surface area contributed by atoms with Crippen molar-refractivity contribution in [2.24, 2.45) is 17.2 Å². The van der Waals surface area contributed by atoms with E-state index in [1.54, 1.807) is 0 Å². The van der Waals surface area contributed by atoms with Crippen LogP contribution in [0, 0.1) is 0 Å². The van der Waals surface area contributed by atoms with E-state index >= 15 is 0 Å². The molecule has 0 saturated heterocycles. The first kappa shape index (κ1) is 19.1. The molecule has 0 aliphatic heterocycles. The van der Waals surface area contributed by atoms with E-state index in [9.17, 15) is 0 Å². The maximum absolute atomic E-state index is 8.27. The van der Waals surface area contributed by atoms with Gasteiger partial charge in [0.25, 0.3) is 0 Å². The minimum Gasteiger partial charge on any atom is -0.395 e. The summed E-state index contributed by atoms with van der Waals surface area (Å²) in [5.41, 5.74) is 15.7. The molecule has 0 unspecified atom stereocenters. The SMILES string of the molecule is NCCCNCCO.NCCCOCCCN. The number of rotatable bonds is 11. The highest BCUT2D eigenvalue weighted by Crippen LogP contribution is 1.81. The summed E-state index contributed by atoms with van der Waals surface area (Å²) in [5.74, 6) is 0. The Balaban J connectivity index is 0. The van der Waals surface area contributed by atoms with Crippen molar-refractivity contribution in [1.29, 1.82) is 0 Å². The van der Waals surface area contributed by atoms with Crippen LogP contribution in [-0.4, -0.2) is 57.7 Å². The van der Waals surface area contributed by atoms with Gasteiger partial charge in [-0.05, 0) is 45.4 Å². The second kappa shape index (κ2) is 21.1. The number of nitrogens with one attached hydrogen (secondary N) is 1. The van der Waals surface area contributed by atoms with Crippen molar-refractivity contribution in [2.45, 2.75) is 19.3 Å². The van der Waals surface area contributed by atoms with Crippen molar-refractivity contribution >= 4 is 0 Å². The molecule has 0 radical (unpaired) electrons. The standard InChI is InChI=1S/C6H16N2O.C5H14N2O/c7-3-1-5-9-6-2-4-8;6-2-1-3-7-4-5-8/h1-8H2;7-8H,1-6H2. The van der Waals surface area contributed by atoms with Crippen LogP contribution in [0.25, 0.3) is 0 Å². The summed E-state index contributed by atoms with van der Waals surface area (Å²) >= 11 is 0. The lowest BCUT2D eigenvalue weighted by Gasteiger charge is -1.99. The Labute approximate surface area is 105 Å². The van der Waals surface area contributed by atoms with Gasteiger partial charge in [-0.2, -0.15) is 0 Å². The molecule has 0 atom stereocenters. The monoisotopic (exact) mass is 250 g/mol. The molecule has 8 N–H and O–H groups in total. The smallest absolute Gasteiger partial charge is 0.0555 e. The van der Waals surface area contributed by atoms with Crippen LogP contribution in [0.4, 0.5) is 0 Å². The summed E-state index contributed by atoms with van der Waals surface area (Å²) in [6.07, 6.45) is 2.88. The fourth-order valence-corrected chi connectivity index (χ4v) is 0.904. The Kier molecular flexibility index (Phi) is 23.7. The molecule has 6 nitrogen and oxygen atoms in total. The van der Waals surface area contributed by atoms with Crippen LogP contribution < -0.4 is 22.5 Å². The molecule has 0 aromatic carbocycles. The summed E-state index contributed by atoms with van der Waals surface area (Å²) in [7, 11) is 0. The molecule has 0 bridgehead atoms. The zero-order chi connectivity index (χ0) is 13.2. The minimum atomic E-state index is 0.213. The highest BCUT2D eigenvalue weighted by Gasteiger charge is 1.84. The van der Waals surface area contributed by atoms with Crippen molar-refractivity contribution in [3.63, 3.8) is 0 Å². The van der Waals surface area contributed by atoms with Gasteiger partial charge in [-0.15, -0.1) is 0 Å². The van der Waals surface area contributed by atoms with Crippen LogP contribution >= 0.6 is 0 Å². The molecule has 0 saturated carbocycles. The van der Waals surface area contributed by atoms with Crippen LogP contribution in [0.5, 0.6) is 0 Å². The van der Waals surface area contributed by atoms with E-state index in [0.717, 1.165) is 45.6 Å². The van der Waals surface area contributed by atoms with E-state index in [1.165, 1.54) is 0 Å². The highest BCUT2D eigenvalue weighted by molar-refractivity contribution is 4.45. The first-order valence-corrected chi connectivity index (χ1v) is 6.33. The number of aliphatic hydroxyl groups excluding tert-OH is 1. The Morgan fingerprint density at radius 1 is 0.824 bits per heavy atom. The molecule has 0 fully saturated rings. The quantitative estimate of drug-likeness (QED) is 0.288. The average molecular weight is 250 g/mol. The van der Waals surface area contributed by atoms with Crippen molar-refractivity contribution in [2.75, 3.05) is 52.5 Å². The molecule has 0 aromatic heterocycles. The molecule has 0 heterocycles. The Hall–Kier alpha value is -0.240. The topological polar surface area (TPSA) is 120 Å². The lowest BCUT2D eigenvalue weighted by atomic mass is 10.4. The number of hydrogen-bond donors (Lipinski definition) is 5. The first-order valence-electron chi connectivity index (χ1n) is 6.33. The lowest BCUT2D eigenvalue weighted by molar-refractivity contribution is 0.132. The lowest BCUT2D eigenvalue weighted by Crippen LogP contribution is -2.21. The normalized spacial score (nSPS) is 9.88. The average Bonchev–Trinajstić information content (AvgIpc) is 2.36. The van der Waals surface area contributed by atoms with Gasteiger partial charge in [-0.25, -0.2) is 0 Å². The number of aliphatic hydroxyl groups is 1. The fraction of sp³-hybridized carbons (Fsp3) is 1.00. The summed E-state index contributed by atoms with van der Waals surface area (Å²) < 4.78 is 5.15. The molecule has 0 aliphatic carbocycles. The third-order valence-corrected chi connectivity index (χ3v) is 1.83. The molecular formula is C11H30N4O2. The van der Waals surface area contributed by atoms with Crippen molar-refractivity contribution < 1.29 is 9.84 Å². The van der Waals surface area contributed by atoms with E-state index in [-0.39, 0.29) is 6.61 Å². The summed E-state index contributed by atoms with van der Waals surface area (Å²) in [6.45, 7) is 5.50. The van der Waals surface area contributed by atoms with Crippen LogP contribution in [-0.2, 0) is 4.74 Å². The third kappa shape index (κ3) is 25.8. The van der Waals surface area contributed by atoms with Gasteiger partial charge in [0.15, 0.2) is 0 Å². The molecular weight excluding hydrogens is 220 g/mol. The summed E-state index contributed by atoms with van der Waals surface area (Å²) in [4.78, 5) is 0. The second-order valence-corrected chi connectivity index (χ2v) is 3.51. The largest absolute Gasteiger partial charge is 0.395 e. The summed E-state index contributed by atoms with van der Waals surface area (Å²) in [5, 5.41) is 11.3. The van der Waals surface area contributed by atoms with Crippen molar-refractivity contribution in [3.8, 4) is 0 Å². The van der Waals surface area contributed by atoms with Crippen molar-refractivity contribution in [3.05, 3.63) is 0 Å². The van der Waals surface area contributed by atoms with Gasteiger partial charge in [-0.3, -0.25) is 0 Å². The zero-order valence-electron chi connectivity index (χ0n) is 10.9. The molecule has 0 rings (SSSR count). The van der Waals surface area contributed by atoms with Gasteiger partial charge < -0.3 is 32.4 Å². The van der Waals surface area contributed by atoms with Gasteiger partial charge in [0.2, 0.25) is 0 Å². The first-order chi connectivity index (χ1) is 8.33. The molecule has 106 valence electrons. The maximum Gasteiger partial charge on any atom is 0.0555 e. The number of hydrogen-bond acceptors (Lipinski definition) is 6. The van der Waals surface area contributed by atoms with Gasteiger partial charge >= 0.3 is 0 Å². The van der Waals surface area contributed by atoms with Gasteiger partial charge in [-0.1, -0.05) is 0 Å². The predicted molar refractivity (Wildman–Crippen MR) is 71.8 cm³/mol. The third-order valence-electron chi connectivity index (χ3n) is 1.83. The van der Waals surface area contributed by atoms with E-state index in [2.05, 4.69) is 5.32 Å². The van der Waals surface area contributed by atoms with E-state index in [4.69, 9.17) is 27.0 Å². The number of nitrogens with two attached hydrogens (primary N) is 3. The van der Waals surface area contributed by atoms with Crippen LogP contribution in [0.2, 0.25) is 0 Å². The molecule has 0 aromatic rings. The molecule has 17 heavy (non-hydrogen) atoms. The Morgan fingerprint density at radius 2 is 1.35 bits per heavy atom. The molecule has 6 heteroatoms. The van der Waals surface area contributed by atoms with Crippen LogP contribution in [0.1, 0.15) is 19.3 Å². The van der Waals surface area contributed by atoms with E-state index in [0.29, 0.717) is 19.6 Å². The van der Waals surface area contributed by atoms with Gasteiger partial charge in [0.1, 0.15) is 0 Å². The second-order valence-electron chi connectivity index (χ2n) is 3.51. The highest BCUT2D eigenvalue weighted by atomic mass is 16.5. The predicted octanol–water partition coefficient (Wildman–Crippen LogP) is -1.38. The van der Waals surface area contributed by atoms with Crippen LogP contribution in [0.3, 0.4) is 0 Å². The zero-order valence-corrected chi connectivity index (χ0v) is 10.9. The van der Waals surface area contributed by atoms with Crippen molar-refractivity contribution in [1.82, 2.24) is 5.32 Å². The Morgan fingerprint density at radius 3 is 1.76 bits per heavy atom. The Bertz CT molecular complexity index is 106. The molecule has 0 aliphatic rings. The molecule has 0 amide bonds. The number of ether oxygens (including phenoxy) is 1. The molecule has 0 spiro atoms. The van der Waals surface area contributed by atoms with E-state index < -0.39 is 0 Å². The maximum atomic E-state index is 8.27. The summed E-state index contributed by atoms with van der Waals surface area (Å²) in [6, 6.07) is 0. The van der Waals surface area contributed by atoms with Gasteiger partial charge in [0.05, 0.1) is 6.61 Å². The van der Waals surface area contributed by atoms with Crippen LogP contribution in [0.15, 0.2) is 0 Å². The van der Waals surface area contributed by atoms with Gasteiger partial charge in [0, 0.05) is 19.8 Å². The van der Waals surface area contributed by atoms with E-state index in [1.807, 2.05) is 0 Å². The minimum absolute atomic E-state index is 0.213.